The minimum atomic E-state index is 0.567. The summed E-state index contributed by atoms with van der Waals surface area (Å²) in [6.07, 6.45) is 7.98. The minimum absolute atomic E-state index is 0.567. The first-order valence-corrected chi connectivity index (χ1v) is 14.1. The van der Waals surface area contributed by atoms with Crippen molar-refractivity contribution in [2.75, 3.05) is 0 Å². The van der Waals surface area contributed by atoms with Gasteiger partial charge in [0.1, 0.15) is 0 Å². The van der Waals surface area contributed by atoms with Crippen LogP contribution in [0, 0.1) is 5.92 Å². The quantitative estimate of drug-likeness (QED) is 0.157. The molecule has 0 N–H and O–H groups in total. The molecule has 1 unspecified atom stereocenters. The Morgan fingerprint density at radius 1 is 0.641 bits per heavy atom. The number of hydrogen-bond donors (Lipinski definition) is 0. The lowest BCUT2D eigenvalue weighted by Gasteiger charge is -2.19. The van der Waals surface area contributed by atoms with E-state index in [1.165, 1.54) is 65.7 Å². The van der Waals surface area contributed by atoms with Crippen LogP contribution < -0.4 is 0 Å². The summed E-state index contributed by atoms with van der Waals surface area (Å²) in [5.74, 6) is 0.567. The van der Waals surface area contributed by atoms with E-state index in [9.17, 15) is 0 Å². The Morgan fingerprint density at radius 2 is 1.21 bits per heavy atom. The molecule has 0 amide bonds. The Hall–Kier alpha value is -4.42. The van der Waals surface area contributed by atoms with Gasteiger partial charge in [0.2, 0.25) is 0 Å². The third kappa shape index (κ3) is 4.57. The molecule has 6 aromatic carbocycles. The molecule has 190 valence electrons. The highest BCUT2D eigenvalue weighted by Crippen LogP contribution is 2.45. The van der Waals surface area contributed by atoms with Crippen LogP contribution in [0.25, 0.3) is 60.1 Å². The summed E-state index contributed by atoms with van der Waals surface area (Å²) in [5, 5.41) is 7.70. The molecule has 0 heteroatoms. The van der Waals surface area contributed by atoms with Gasteiger partial charge >= 0.3 is 0 Å². The molecule has 0 saturated heterocycles. The van der Waals surface area contributed by atoms with E-state index in [4.69, 9.17) is 0 Å². The molecule has 0 saturated carbocycles. The molecule has 1 atom stereocenters. The average Bonchev–Trinajstić information content (AvgIpc) is 3.00. The molecule has 0 aliphatic rings. The highest BCUT2D eigenvalue weighted by atomic mass is 14.2. The normalized spacial score (nSPS) is 13.1. The summed E-state index contributed by atoms with van der Waals surface area (Å²) >= 11 is 0. The van der Waals surface area contributed by atoms with E-state index >= 15 is 0 Å². The van der Waals surface area contributed by atoms with Crippen LogP contribution in [0.2, 0.25) is 0 Å². The van der Waals surface area contributed by atoms with Crippen molar-refractivity contribution in [3.8, 4) is 22.3 Å². The fraction of sp³-hybridized carbons (Fsp3) is 0.128. The van der Waals surface area contributed by atoms with Gasteiger partial charge in [0.25, 0.3) is 0 Å². The van der Waals surface area contributed by atoms with Crippen molar-refractivity contribution in [2.24, 2.45) is 5.92 Å². The SMILES string of the molecule is C/C=C(\C=C/C(C)CC)c1cccc(-c2c3ccccc3c(-c3cccc4ccccc34)c3ccccc23)c1. The van der Waals surface area contributed by atoms with Gasteiger partial charge in [0, 0.05) is 0 Å². The lowest BCUT2D eigenvalue weighted by Crippen LogP contribution is -1.92. The Kier molecular flexibility index (Phi) is 6.86. The van der Waals surface area contributed by atoms with Crippen LogP contribution in [0.15, 0.2) is 133 Å². The third-order valence-corrected chi connectivity index (χ3v) is 8.03. The van der Waals surface area contributed by atoms with E-state index in [2.05, 4.69) is 154 Å². The number of benzene rings is 6. The van der Waals surface area contributed by atoms with Gasteiger partial charge in [-0.05, 0) is 84.6 Å². The maximum atomic E-state index is 2.36. The minimum Gasteiger partial charge on any atom is -0.0811 e. The van der Waals surface area contributed by atoms with Gasteiger partial charge in [0.05, 0.1) is 0 Å². The summed E-state index contributed by atoms with van der Waals surface area (Å²) in [4.78, 5) is 0. The first-order valence-electron chi connectivity index (χ1n) is 14.1. The summed E-state index contributed by atoms with van der Waals surface area (Å²) in [5.41, 5.74) is 7.66. The van der Waals surface area contributed by atoms with Crippen LogP contribution in [-0.2, 0) is 0 Å². The summed E-state index contributed by atoms with van der Waals surface area (Å²) in [6, 6.07) is 42.3. The largest absolute Gasteiger partial charge is 0.0811 e. The van der Waals surface area contributed by atoms with Crippen molar-refractivity contribution in [1.29, 1.82) is 0 Å². The van der Waals surface area contributed by atoms with Gasteiger partial charge in [-0.15, -0.1) is 0 Å². The number of allylic oxidation sites excluding steroid dienone is 4. The van der Waals surface area contributed by atoms with Crippen LogP contribution in [0.1, 0.15) is 32.8 Å². The molecule has 0 nitrogen and oxygen atoms in total. The van der Waals surface area contributed by atoms with Crippen LogP contribution in [0.4, 0.5) is 0 Å². The molecular formula is C39H34. The molecular weight excluding hydrogens is 468 g/mol. The monoisotopic (exact) mass is 502 g/mol. The Labute approximate surface area is 231 Å². The molecule has 0 aliphatic heterocycles. The lowest BCUT2D eigenvalue weighted by atomic mass is 9.84. The average molecular weight is 503 g/mol. The molecule has 0 heterocycles. The summed E-state index contributed by atoms with van der Waals surface area (Å²) in [7, 11) is 0. The molecule has 39 heavy (non-hydrogen) atoms. The molecule has 0 aromatic heterocycles. The Morgan fingerprint density at radius 3 is 1.85 bits per heavy atom. The van der Waals surface area contributed by atoms with Gasteiger partial charge in [-0.3, -0.25) is 0 Å². The van der Waals surface area contributed by atoms with E-state index < -0.39 is 0 Å². The fourth-order valence-corrected chi connectivity index (χ4v) is 5.79. The Balaban J connectivity index is 1.64. The second kappa shape index (κ2) is 10.8. The zero-order chi connectivity index (χ0) is 26.8. The number of rotatable bonds is 6. The molecule has 0 fully saturated rings. The van der Waals surface area contributed by atoms with E-state index in [1.807, 2.05) is 0 Å². The highest BCUT2D eigenvalue weighted by molar-refractivity contribution is 6.23. The first-order chi connectivity index (χ1) is 19.2. The second-order valence-corrected chi connectivity index (χ2v) is 10.4. The highest BCUT2D eigenvalue weighted by Gasteiger charge is 2.18. The van der Waals surface area contributed by atoms with Crippen LogP contribution in [0.3, 0.4) is 0 Å². The van der Waals surface area contributed by atoms with Crippen molar-refractivity contribution in [3.05, 3.63) is 139 Å². The molecule has 6 rings (SSSR count). The first kappa shape index (κ1) is 24.9. The van der Waals surface area contributed by atoms with Crippen LogP contribution in [-0.4, -0.2) is 0 Å². The van der Waals surface area contributed by atoms with Gasteiger partial charge in [-0.2, -0.15) is 0 Å². The van der Waals surface area contributed by atoms with E-state index in [1.54, 1.807) is 0 Å². The molecule has 0 bridgehead atoms. The molecule has 0 aliphatic carbocycles. The van der Waals surface area contributed by atoms with Gasteiger partial charge in [-0.25, -0.2) is 0 Å². The Bertz CT molecular complexity index is 1800. The fourth-order valence-electron chi connectivity index (χ4n) is 5.79. The zero-order valence-corrected chi connectivity index (χ0v) is 23.0. The molecule has 0 spiro atoms. The lowest BCUT2D eigenvalue weighted by molar-refractivity contribution is 0.698. The second-order valence-electron chi connectivity index (χ2n) is 10.4. The van der Waals surface area contributed by atoms with Crippen molar-refractivity contribution < 1.29 is 0 Å². The molecule has 0 radical (unpaired) electrons. The van der Waals surface area contributed by atoms with E-state index in [0.29, 0.717) is 5.92 Å². The maximum Gasteiger partial charge on any atom is -0.00201 e. The van der Waals surface area contributed by atoms with Crippen LogP contribution >= 0.6 is 0 Å². The predicted molar refractivity (Wildman–Crippen MR) is 172 cm³/mol. The van der Waals surface area contributed by atoms with Gasteiger partial charge in [-0.1, -0.05) is 148 Å². The molecule has 6 aromatic rings. The zero-order valence-electron chi connectivity index (χ0n) is 23.0. The number of hydrogen-bond acceptors (Lipinski definition) is 0. The van der Waals surface area contributed by atoms with Gasteiger partial charge < -0.3 is 0 Å². The van der Waals surface area contributed by atoms with E-state index in [0.717, 1.165) is 6.42 Å². The predicted octanol–water partition coefficient (Wildman–Crippen LogP) is 11.5. The van der Waals surface area contributed by atoms with Crippen molar-refractivity contribution in [3.63, 3.8) is 0 Å². The number of fused-ring (bicyclic) bond motifs is 3. The smallest absolute Gasteiger partial charge is 0.00201 e. The maximum absolute atomic E-state index is 2.36. The van der Waals surface area contributed by atoms with Gasteiger partial charge in [0.15, 0.2) is 0 Å². The standard InChI is InChI=1S/C39H34/c1-4-27(3)24-25-28(5-2)30-16-12-17-31(26-30)38-34-19-8-10-21-36(34)39(37-22-11-9-20-35(37)38)33-23-13-15-29-14-6-7-18-32(29)33/h5-27H,4H2,1-3H3/b25-24-,28-5+. The topological polar surface area (TPSA) is 0 Å². The van der Waals surface area contributed by atoms with E-state index in [-0.39, 0.29) is 0 Å². The van der Waals surface area contributed by atoms with Crippen molar-refractivity contribution in [1.82, 2.24) is 0 Å². The summed E-state index contributed by atoms with van der Waals surface area (Å²) in [6.45, 7) is 6.64. The van der Waals surface area contributed by atoms with Crippen molar-refractivity contribution >= 4 is 37.9 Å². The summed E-state index contributed by atoms with van der Waals surface area (Å²) < 4.78 is 0. The van der Waals surface area contributed by atoms with Crippen LogP contribution in [0.5, 0.6) is 0 Å². The van der Waals surface area contributed by atoms with Crippen molar-refractivity contribution in [2.45, 2.75) is 27.2 Å². The third-order valence-electron chi connectivity index (χ3n) is 8.03.